The molecule has 1 aromatic carbocycles. The third kappa shape index (κ3) is 3.84. The molecule has 0 aliphatic heterocycles. The topological polar surface area (TPSA) is 35.2 Å². The Bertz CT molecular complexity index is 312. The lowest BCUT2D eigenvalue weighted by Gasteiger charge is -2.14. The van der Waals surface area contributed by atoms with Crippen LogP contribution in [0.4, 0.5) is 0 Å². The highest BCUT2D eigenvalue weighted by atomic mass is 79.9. The van der Waals surface area contributed by atoms with E-state index in [9.17, 15) is 0 Å². The molecule has 0 unspecified atom stereocenters. The summed E-state index contributed by atoms with van der Waals surface area (Å²) in [4.78, 5) is 0. The molecule has 0 saturated heterocycles. The fourth-order valence-corrected chi connectivity index (χ4v) is 1.71. The highest BCUT2D eigenvalue weighted by Crippen LogP contribution is 2.27. The molecule has 2 nitrogen and oxygen atoms in total. The van der Waals surface area contributed by atoms with Gasteiger partial charge in [-0.1, -0.05) is 29.3 Å². The minimum Gasteiger partial charge on any atom is -0.493 e. The monoisotopic (exact) mass is 271 g/mol. The highest BCUT2D eigenvalue weighted by Gasteiger charge is 2.08. The average molecular weight is 272 g/mol. The van der Waals surface area contributed by atoms with Crippen LogP contribution in [0.15, 0.2) is 22.7 Å². The van der Waals surface area contributed by atoms with Gasteiger partial charge in [0.1, 0.15) is 5.75 Å². The largest absolute Gasteiger partial charge is 0.493 e. The molecule has 0 aromatic heterocycles. The van der Waals surface area contributed by atoms with E-state index in [2.05, 4.69) is 22.9 Å². The molecule has 0 amide bonds. The van der Waals surface area contributed by atoms with Crippen molar-refractivity contribution in [3.8, 4) is 5.75 Å². The SMILES string of the molecule is CCCCOc1ccc(Br)cc1[C@H](C)N. The molecule has 0 radical (unpaired) electrons. The molecule has 1 atom stereocenters. The van der Waals surface area contributed by atoms with E-state index in [0.29, 0.717) is 0 Å². The molecule has 0 heterocycles. The fourth-order valence-electron chi connectivity index (χ4n) is 1.33. The highest BCUT2D eigenvalue weighted by molar-refractivity contribution is 9.10. The second kappa shape index (κ2) is 6.13. The first kappa shape index (κ1) is 12.5. The number of hydrogen-bond acceptors (Lipinski definition) is 2. The molecule has 84 valence electrons. The summed E-state index contributed by atoms with van der Waals surface area (Å²) < 4.78 is 6.73. The minimum absolute atomic E-state index is 0.000809. The first-order valence-electron chi connectivity index (χ1n) is 5.33. The van der Waals surface area contributed by atoms with Gasteiger partial charge in [-0.25, -0.2) is 0 Å². The molecule has 0 aliphatic carbocycles. The Morgan fingerprint density at radius 1 is 1.47 bits per heavy atom. The van der Waals surface area contributed by atoms with Gasteiger partial charge in [-0.15, -0.1) is 0 Å². The van der Waals surface area contributed by atoms with E-state index in [0.717, 1.165) is 35.2 Å². The molecule has 2 N–H and O–H groups in total. The summed E-state index contributed by atoms with van der Waals surface area (Å²) in [7, 11) is 0. The normalized spacial score (nSPS) is 12.5. The molecule has 0 saturated carbocycles. The van der Waals surface area contributed by atoms with Crippen LogP contribution >= 0.6 is 15.9 Å². The third-order valence-corrected chi connectivity index (χ3v) is 2.71. The van der Waals surface area contributed by atoms with E-state index in [-0.39, 0.29) is 6.04 Å². The predicted molar refractivity (Wildman–Crippen MR) is 67.1 cm³/mol. The zero-order valence-electron chi connectivity index (χ0n) is 9.29. The van der Waals surface area contributed by atoms with Gasteiger partial charge < -0.3 is 10.5 Å². The van der Waals surface area contributed by atoms with E-state index in [1.165, 1.54) is 0 Å². The summed E-state index contributed by atoms with van der Waals surface area (Å²) in [5, 5.41) is 0. The minimum atomic E-state index is -0.000809. The van der Waals surface area contributed by atoms with Crippen LogP contribution in [-0.4, -0.2) is 6.61 Å². The number of benzene rings is 1. The number of rotatable bonds is 5. The van der Waals surface area contributed by atoms with Crippen LogP contribution in [-0.2, 0) is 0 Å². The van der Waals surface area contributed by atoms with Crippen molar-refractivity contribution in [1.29, 1.82) is 0 Å². The van der Waals surface area contributed by atoms with Crippen molar-refractivity contribution >= 4 is 15.9 Å². The second-order valence-corrected chi connectivity index (χ2v) is 4.59. The zero-order chi connectivity index (χ0) is 11.3. The van der Waals surface area contributed by atoms with Crippen molar-refractivity contribution in [3.05, 3.63) is 28.2 Å². The molecule has 0 bridgehead atoms. The lowest BCUT2D eigenvalue weighted by Crippen LogP contribution is -2.08. The number of ether oxygens (including phenoxy) is 1. The van der Waals surface area contributed by atoms with E-state index in [1.807, 2.05) is 25.1 Å². The first-order chi connectivity index (χ1) is 7.15. The van der Waals surface area contributed by atoms with Gasteiger partial charge in [-0.2, -0.15) is 0 Å². The van der Waals surface area contributed by atoms with E-state index in [4.69, 9.17) is 10.5 Å². The molecular weight excluding hydrogens is 254 g/mol. The standard InChI is InChI=1S/C12H18BrNO/c1-3-4-7-15-12-6-5-10(13)8-11(12)9(2)14/h5-6,8-9H,3-4,7,14H2,1-2H3/t9-/m0/s1. The molecule has 1 rings (SSSR count). The Hall–Kier alpha value is -0.540. The van der Waals surface area contributed by atoms with Gasteiger partial charge in [0.25, 0.3) is 0 Å². The number of hydrogen-bond donors (Lipinski definition) is 1. The van der Waals surface area contributed by atoms with Crippen molar-refractivity contribution < 1.29 is 4.74 Å². The van der Waals surface area contributed by atoms with E-state index < -0.39 is 0 Å². The van der Waals surface area contributed by atoms with Gasteiger partial charge in [-0.05, 0) is 31.5 Å². The number of nitrogens with two attached hydrogens (primary N) is 1. The molecule has 15 heavy (non-hydrogen) atoms. The maximum absolute atomic E-state index is 5.89. The maximum Gasteiger partial charge on any atom is 0.124 e. The Balaban J connectivity index is 2.77. The molecule has 3 heteroatoms. The third-order valence-electron chi connectivity index (χ3n) is 2.22. The summed E-state index contributed by atoms with van der Waals surface area (Å²) in [6.45, 7) is 4.88. The fraction of sp³-hybridized carbons (Fsp3) is 0.500. The quantitative estimate of drug-likeness (QED) is 0.830. The van der Waals surface area contributed by atoms with Crippen LogP contribution in [0, 0.1) is 0 Å². The van der Waals surface area contributed by atoms with Crippen LogP contribution in [0.2, 0.25) is 0 Å². The average Bonchev–Trinajstić information content (AvgIpc) is 2.20. The molecule has 0 spiro atoms. The van der Waals surface area contributed by atoms with E-state index >= 15 is 0 Å². The van der Waals surface area contributed by atoms with Gasteiger partial charge in [0, 0.05) is 16.1 Å². The van der Waals surface area contributed by atoms with Gasteiger partial charge in [0.15, 0.2) is 0 Å². The molecule has 1 aromatic rings. The summed E-state index contributed by atoms with van der Waals surface area (Å²) >= 11 is 3.44. The van der Waals surface area contributed by atoms with Crippen LogP contribution in [0.25, 0.3) is 0 Å². The molecule has 0 aliphatic rings. The van der Waals surface area contributed by atoms with Crippen LogP contribution in [0.3, 0.4) is 0 Å². The summed E-state index contributed by atoms with van der Waals surface area (Å²) in [6.07, 6.45) is 2.22. The second-order valence-electron chi connectivity index (χ2n) is 3.67. The Morgan fingerprint density at radius 2 is 2.20 bits per heavy atom. The van der Waals surface area contributed by atoms with Gasteiger partial charge >= 0.3 is 0 Å². The Morgan fingerprint density at radius 3 is 2.80 bits per heavy atom. The smallest absolute Gasteiger partial charge is 0.124 e. The first-order valence-corrected chi connectivity index (χ1v) is 6.12. The predicted octanol–water partition coefficient (Wildman–Crippen LogP) is 3.65. The lowest BCUT2D eigenvalue weighted by atomic mass is 10.1. The van der Waals surface area contributed by atoms with Gasteiger partial charge in [-0.3, -0.25) is 0 Å². The summed E-state index contributed by atoms with van der Waals surface area (Å²) in [5.41, 5.74) is 6.94. The van der Waals surface area contributed by atoms with Crippen molar-refractivity contribution in [2.24, 2.45) is 5.73 Å². The molecule has 0 fully saturated rings. The van der Waals surface area contributed by atoms with Crippen molar-refractivity contribution in [2.45, 2.75) is 32.7 Å². The van der Waals surface area contributed by atoms with Crippen molar-refractivity contribution in [2.75, 3.05) is 6.61 Å². The summed E-state index contributed by atoms with van der Waals surface area (Å²) in [6, 6.07) is 5.97. The van der Waals surface area contributed by atoms with Gasteiger partial charge in [0.05, 0.1) is 6.61 Å². The zero-order valence-corrected chi connectivity index (χ0v) is 10.9. The van der Waals surface area contributed by atoms with Crippen molar-refractivity contribution in [3.63, 3.8) is 0 Å². The maximum atomic E-state index is 5.89. The number of halogens is 1. The van der Waals surface area contributed by atoms with Crippen LogP contribution < -0.4 is 10.5 Å². The van der Waals surface area contributed by atoms with E-state index in [1.54, 1.807) is 0 Å². The van der Waals surface area contributed by atoms with Crippen LogP contribution in [0.1, 0.15) is 38.3 Å². The Labute approximate surface area is 99.9 Å². The molecular formula is C12H18BrNO. The van der Waals surface area contributed by atoms with Crippen LogP contribution in [0.5, 0.6) is 5.75 Å². The lowest BCUT2D eigenvalue weighted by molar-refractivity contribution is 0.305. The van der Waals surface area contributed by atoms with Gasteiger partial charge in [0.2, 0.25) is 0 Å². The number of unbranched alkanes of at least 4 members (excludes halogenated alkanes) is 1. The Kier molecular flexibility index (Phi) is 5.12. The van der Waals surface area contributed by atoms with Crippen molar-refractivity contribution in [1.82, 2.24) is 0 Å². The summed E-state index contributed by atoms with van der Waals surface area (Å²) in [5.74, 6) is 0.904.